The minimum Gasteiger partial charge on any atom is -0.334 e. The maximum Gasteiger partial charge on any atom is 0.315 e. The van der Waals surface area contributed by atoms with Crippen molar-refractivity contribution in [2.24, 2.45) is 10.8 Å². The van der Waals surface area contributed by atoms with Crippen LogP contribution in [0.1, 0.15) is 47.1 Å². The summed E-state index contributed by atoms with van der Waals surface area (Å²) in [6.45, 7) is 11.8. The summed E-state index contributed by atoms with van der Waals surface area (Å²) in [7, 11) is 0. The van der Waals surface area contributed by atoms with Gasteiger partial charge >= 0.3 is 6.03 Å². The fourth-order valence-corrected chi connectivity index (χ4v) is 1.98. The van der Waals surface area contributed by atoms with Crippen LogP contribution in [0.2, 0.25) is 0 Å². The van der Waals surface area contributed by atoms with E-state index in [0.29, 0.717) is 6.54 Å². The monoisotopic (exact) mass is 305 g/mol. The minimum atomic E-state index is -0.540. The zero-order chi connectivity index (χ0) is 17.0. The summed E-state index contributed by atoms with van der Waals surface area (Å²) in [5, 5.41) is 5.58. The molecule has 1 heterocycles. The number of Topliss-reactive ketones (excluding diaryl/α,β-unsaturated/α-hetero) is 1. The number of rotatable bonds is 4. The molecule has 5 heteroatoms. The normalized spacial score (nSPS) is 13.4. The minimum absolute atomic E-state index is 0.0246. The lowest BCUT2D eigenvalue weighted by Crippen LogP contribution is -2.55. The Labute approximate surface area is 132 Å². The molecule has 0 aliphatic heterocycles. The number of carbonyl (C=O) groups is 2. The van der Waals surface area contributed by atoms with Crippen LogP contribution in [-0.4, -0.2) is 22.8 Å². The Hall–Kier alpha value is -1.91. The lowest BCUT2D eigenvalue weighted by Gasteiger charge is -2.34. The number of nitrogens with one attached hydrogen (secondary N) is 2. The molecule has 1 atom stereocenters. The number of pyridine rings is 1. The van der Waals surface area contributed by atoms with Crippen molar-refractivity contribution in [2.45, 2.75) is 54.1 Å². The van der Waals surface area contributed by atoms with E-state index in [-0.39, 0.29) is 17.2 Å². The maximum absolute atomic E-state index is 12.6. The molecule has 1 aromatic heterocycles. The van der Waals surface area contributed by atoms with Crippen LogP contribution in [0.15, 0.2) is 24.5 Å². The number of hydrogen-bond acceptors (Lipinski definition) is 3. The van der Waals surface area contributed by atoms with E-state index in [1.807, 2.05) is 53.7 Å². The Morgan fingerprint density at radius 3 is 2.27 bits per heavy atom. The second-order valence-corrected chi connectivity index (χ2v) is 7.60. The summed E-state index contributed by atoms with van der Waals surface area (Å²) in [5.74, 6) is 0.0246. The second kappa shape index (κ2) is 6.90. The molecule has 0 fully saturated rings. The predicted molar refractivity (Wildman–Crippen MR) is 87.3 cm³/mol. The smallest absolute Gasteiger partial charge is 0.315 e. The zero-order valence-corrected chi connectivity index (χ0v) is 14.4. The second-order valence-electron chi connectivity index (χ2n) is 7.60. The summed E-state index contributed by atoms with van der Waals surface area (Å²) < 4.78 is 0. The van der Waals surface area contributed by atoms with Gasteiger partial charge in [-0.25, -0.2) is 4.79 Å². The van der Waals surface area contributed by atoms with Gasteiger partial charge in [-0.3, -0.25) is 9.78 Å². The third-order valence-electron chi connectivity index (χ3n) is 3.32. The van der Waals surface area contributed by atoms with E-state index in [1.165, 1.54) is 0 Å². The number of hydrogen-bond donors (Lipinski definition) is 2. The third kappa shape index (κ3) is 5.47. The van der Waals surface area contributed by atoms with Crippen molar-refractivity contribution >= 4 is 11.8 Å². The van der Waals surface area contributed by atoms with Crippen molar-refractivity contribution in [2.75, 3.05) is 0 Å². The van der Waals surface area contributed by atoms with E-state index in [1.54, 1.807) is 12.4 Å². The van der Waals surface area contributed by atoms with Crippen molar-refractivity contribution in [3.05, 3.63) is 30.1 Å². The molecule has 0 aliphatic carbocycles. The molecule has 0 saturated carbocycles. The Kier molecular flexibility index (Phi) is 5.69. The number of aromatic nitrogens is 1. The van der Waals surface area contributed by atoms with Gasteiger partial charge in [-0.2, -0.15) is 0 Å². The Morgan fingerprint density at radius 1 is 1.18 bits per heavy atom. The highest BCUT2D eigenvalue weighted by Gasteiger charge is 2.38. The molecule has 2 N–H and O–H groups in total. The maximum atomic E-state index is 12.6. The van der Waals surface area contributed by atoms with Crippen LogP contribution < -0.4 is 10.6 Å². The molecular weight excluding hydrogens is 278 g/mol. The molecule has 122 valence electrons. The highest BCUT2D eigenvalue weighted by atomic mass is 16.2. The van der Waals surface area contributed by atoms with Crippen LogP contribution in [-0.2, 0) is 11.3 Å². The van der Waals surface area contributed by atoms with E-state index in [4.69, 9.17) is 0 Å². The summed E-state index contributed by atoms with van der Waals surface area (Å²) in [6.07, 6.45) is 3.38. The van der Waals surface area contributed by atoms with E-state index in [0.717, 1.165) is 5.56 Å². The Morgan fingerprint density at radius 2 is 1.82 bits per heavy atom. The fraction of sp³-hybridized carbons (Fsp3) is 0.588. The van der Waals surface area contributed by atoms with E-state index >= 15 is 0 Å². The van der Waals surface area contributed by atoms with Gasteiger partial charge in [-0.1, -0.05) is 47.6 Å². The molecule has 5 nitrogen and oxygen atoms in total. The van der Waals surface area contributed by atoms with Crippen molar-refractivity contribution in [3.63, 3.8) is 0 Å². The first kappa shape index (κ1) is 18.1. The molecule has 22 heavy (non-hydrogen) atoms. The van der Waals surface area contributed by atoms with Crippen LogP contribution in [0.3, 0.4) is 0 Å². The van der Waals surface area contributed by atoms with Crippen LogP contribution in [0, 0.1) is 10.8 Å². The van der Waals surface area contributed by atoms with Crippen molar-refractivity contribution in [1.82, 2.24) is 15.6 Å². The number of amides is 2. The molecule has 1 rings (SSSR count). The summed E-state index contributed by atoms with van der Waals surface area (Å²) in [5.41, 5.74) is 0.0528. The third-order valence-corrected chi connectivity index (χ3v) is 3.32. The number of nitrogens with zero attached hydrogens (tertiary/aromatic N) is 1. The van der Waals surface area contributed by atoms with E-state index < -0.39 is 11.5 Å². The highest BCUT2D eigenvalue weighted by molar-refractivity contribution is 5.92. The van der Waals surface area contributed by atoms with Crippen LogP contribution in [0.4, 0.5) is 4.79 Å². The molecule has 2 amide bonds. The SMILES string of the molecule is CC(C)(C)C(=O)C(NC(=O)NCc1cccnc1)C(C)(C)C. The molecule has 0 radical (unpaired) electrons. The Bertz CT molecular complexity index is 513. The lowest BCUT2D eigenvalue weighted by molar-refractivity contribution is -0.130. The van der Waals surface area contributed by atoms with Gasteiger partial charge < -0.3 is 10.6 Å². The number of urea groups is 1. The van der Waals surface area contributed by atoms with Gasteiger partial charge in [0.25, 0.3) is 0 Å². The fourth-order valence-electron chi connectivity index (χ4n) is 1.98. The van der Waals surface area contributed by atoms with Crippen molar-refractivity contribution in [3.8, 4) is 0 Å². The molecule has 0 spiro atoms. The van der Waals surface area contributed by atoms with Gasteiger partial charge in [-0.05, 0) is 17.0 Å². The first-order valence-corrected chi connectivity index (χ1v) is 7.49. The lowest BCUT2D eigenvalue weighted by atomic mass is 9.76. The average molecular weight is 305 g/mol. The zero-order valence-electron chi connectivity index (χ0n) is 14.4. The van der Waals surface area contributed by atoms with Gasteiger partial charge in [0.1, 0.15) is 0 Å². The van der Waals surface area contributed by atoms with Crippen molar-refractivity contribution < 1.29 is 9.59 Å². The van der Waals surface area contributed by atoms with Crippen LogP contribution in [0.25, 0.3) is 0 Å². The number of ketones is 1. The van der Waals surface area contributed by atoms with Gasteiger partial charge in [0.05, 0.1) is 6.04 Å². The number of carbonyl (C=O) groups excluding carboxylic acids is 2. The predicted octanol–water partition coefficient (Wildman–Crippen LogP) is 2.91. The van der Waals surface area contributed by atoms with Gasteiger partial charge in [-0.15, -0.1) is 0 Å². The van der Waals surface area contributed by atoms with Gasteiger partial charge in [0.2, 0.25) is 0 Å². The molecule has 1 unspecified atom stereocenters. The first-order chi connectivity index (χ1) is 10.0. The molecule has 0 bridgehead atoms. The largest absolute Gasteiger partial charge is 0.334 e. The molecule has 1 aromatic rings. The summed E-state index contributed by atoms with van der Waals surface area (Å²) in [4.78, 5) is 28.7. The molecule has 0 aromatic carbocycles. The van der Waals surface area contributed by atoms with Crippen LogP contribution >= 0.6 is 0 Å². The molecule has 0 saturated heterocycles. The average Bonchev–Trinajstić information content (AvgIpc) is 2.40. The standard InChI is InChI=1S/C17H27N3O2/c1-16(2,3)13(14(21)17(4,5)6)20-15(22)19-11-12-8-7-9-18-10-12/h7-10,13H,11H2,1-6H3,(H2,19,20,22). The van der Waals surface area contributed by atoms with E-state index in [2.05, 4.69) is 15.6 Å². The van der Waals surface area contributed by atoms with Crippen molar-refractivity contribution in [1.29, 1.82) is 0 Å². The molecule has 0 aliphatic rings. The first-order valence-electron chi connectivity index (χ1n) is 7.49. The van der Waals surface area contributed by atoms with Crippen LogP contribution in [0.5, 0.6) is 0 Å². The topological polar surface area (TPSA) is 71.1 Å². The molecular formula is C17H27N3O2. The summed E-state index contributed by atoms with van der Waals surface area (Å²) in [6, 6.07) is 2.81. The van der Waals surface area contributed by atoms with Gasteiger partial charge in [0, 0.05) is 24.4 Å². The van der Waals surface area contributed by atoms with Gasteiger partial charge in [0.15, 0.2) is 5.78 Å². The van der Waals surface area contributed by atoms with E-state index in [9.17, 15) is 9.59 Å². The summed E-state index contributed by atoms with van der Waals surface area (Å²) >= 11 is 0. The Balaban J connectivity index is 2.70. The highest BCUT2D eigenvalue weighted by Crippen LogP contribution is 2.27. The quantitative estimate of drug-likeness (QED) is 0.898.